The smallest absolute Gasteiger partial charge is 0.159 e. The topological polar surface area (TPSA) is 96.0 Å². The molecule has 0 radical (unpaired) electrons. The van der Waals surface area contributed by atoms with Gasteiger partial charge in [-0.05, 0) is 36.4 Å². The summed E-state index contributed by atoms with van der Waals surface area (Å²) in [6.07, 6.45) is 6.16. The molecule has 0 bridgehead atoms. The van der Waals surface area contributed by atoms with Gasteiger partial charge in [-0.3, -0.25) is 10.1 Å². The summed E-state index contributed by atoms with van der Waals surface area (Å²) < 4.78 is 28.0. The van der Waals surface area contributed by atoms with Gasteiger partial charge in [0.15, 0.2) is 5.82 Å². The van der Waals surface area contributed by atoms with Crippen LogP contribution in [-0.2, 0) is 0 Å². The maximum absolute atomic E-state index is 14.7. The maximum Gasteiger partial charge on any atom is 0.159 e. The van der Waals surface area contributed by atoms with E-state index >= 15 is 0 Å². The predicted octanol–water partition coefficient (Wildman–Crippen LogP) is 4.90. The van der Waals surface area contributed by atoms with E-state index < -0.39 is 5.82 Å². The van der Waals surface area contributed by atoms with Crippen molar-refractivity contribution >= 4 is 21.9 Å². The molecular weight excluding hydrogens is 412 g/mol. The molecule has 0 unspecified atom stereocenters. The third kappa shape index (κ3) is 2.90. The van der Waals surface area contributed by atoms with Crippen LogP contribution in [0.25, 0.3) is 55.8 Å². The SMILES string of the molecule is Fc1ccc(-c2nccc3[nH]c(-c4n[nH]c5cc(F)c(-c6cncnc6)cc45)nc23)cc1. The first kappa shape index (κ1) is 18.3. The molecule has 6 rings (SSSR count). The molecule has 0 atom stereocenters. The monoisotopic (exact) mass is 425 g/mol. The van der Waals surface area contributed by atoms with Crippen LogP contribution in [0.4, 0.5) is 8.78 Å². The fraction of sp³-hybridized carbons (Fsp3) is 0. The number of nitrogens with one attached hydrogen (secondary N) is 2. The molecule has 0 saturated carbocycles. The molecule has 6 aromatic rings. The Kier molecular flexibility index (Phi) is 4.00. The molecule has 32 heavy (non-hydrogen) atoms. The molecule has 0 amide bonds. The van der Waals surface area contributed by atoms with Gasteiger partial charge in [-0.15, -0.1) is 0 Å². The predicted molar refractivity (Wildman–Crippen MR) is 115 cm³/mol. The molecule has 0 fully saturated rings. The molecule has 0 aliphatic carbocycles. The van der Waals surface area contributed by atoms with Crippen molar-refractivity contribution in [1.82, 2.24) is 35.1 Å². The van der Waals surface area contributed by atoms with Gasteiger partial charge >= 0.3 is 0 Å². The zero-order valence-corrected chi connectivity index (χ0v) is 16.3. The molecule has 2 aromatic carbocycles. The van der Waals surface area contributed by atoms with E-state index in [1.165, 1.54) is 24.5 Å². The highest BCUT2D eigenvalue weighted by Crippen LogP contribution is 2.33. The average molecular weight is 425 g/mol. The van der Waals surface area contributed by atoms with Crippen LogP contribution < -0.4 is 0 Å². The van der Waals surface area contributed by atoms with Crippen molar-refractivity contribution < 1.29 is 8.78 Å². The normalized spacial score (nSPS) is 11.4. The van der Waals surface area contributed by atoms with Crippen molar-refractivity contribution in [2.24, 2.45) is 0 Å². The van der Waals surface area contributed by atoms with Gasteiger partial charge in [0.1, 0.15) is 29.2 Å². The number of hydrogen-bond acceptors (Lipinski definition) is 5. The Labute approximate surface area is 179 Å². The number of halogens is 2. The number of hydrogen-bond donors (Lipinski definition) is 2. The first-order valence-electron chi connectivity index (χ1n) is 9.71. The van der Waals surface area contributed by atoms with Crippen LogP contribution in [-0.4, -0.2) is 35.1 Å². The van der Waals surface area contributed by atoms with Gasteiger partial charge in [0.05, 0.1) is 16.7 Å². The molecule has 2 N–H and O–H groups in total. The summed E-state index contributed by atoms with van der Waals surface area (Å²) in [4.78, 5) is 20.4. The van der Waals surface area contributed by atoms with Crippen molar-refractivity contribution in [3.05, 3.63) is 79.0 Å². The Bertz CT molecular complexity index is 1590. The summed E-state index contributed by atoms with van der Waals surface area (Å²) in [5.74, 6) is -0.224. The molecule has 4 aromatic heterocycles. The highest BCUT2D eigenvalue weighted by Gasteiger charge is 2.18. The lowest BCUT2D eigenvalue weighted by Crippen LogP contribution is -1.88. The molecule has 9 heteroatoms. The van der Waals surface area contributed by atoms with Crippen LogP contribution in [0.5, 0.6) is 0 Å². The number of H-pyrrole nitrogens is 2. The number of rotatable bonds is 3. The number of pyridine rings is 1. The van der Waals surface area contributed by atoms with Gasteiger partial charge in [0.2, 0.25) is 0 Å². The fourth-order valence-corrected chi connectivity index (χ4v) is 3.74. The van der Waals surface area contributed by atoms with Crippen LogP contribution in [0.1, 0.15) is 0 Å². The van der Waals surface area contributed by atoms with E-state index in [1.807, 2.05) is 0 Å². The summed E-state index contributed by atoms with van der Waals surface area (Å²) in [5, 5.41) is 7.92. The second-order valence-corrected chi connectivity index (χ2v) is 7.23. The van der Waals surface area contributed by atoms with Crippen LogP contribution in [0.3, 0.4) is 0 Å². The Morgan fingerprint density at radius 2 is 1.62 bits per heavy atom. The van der Waals surface area contributed by atoms with Crippen LogP contribution in [0, 0.1) is 11.6 Å². The standard InChI is InChI=1S/C23H13F2N7/c24-14-3-1-12(2-4-14)20-22-18(5-6-28-20)29-23(30-22)21-16-7-15(13-9-26-11-27-10-13)17(25)8-19(16)31-32-21/h1-11H,(H,29,30)(H,31,32). The number of aromatic amines is 2. The minimum atomic E-state index is -0.407. The second-order valence-electron chi connectivity index (χ2n) is 7.23. The summed E-state index contributed by atoms with van der Waals surface area (Å²) in [7, 11) is 0. The molecule has 0 spiro atoms. The lowest BCUT2D eigenvalue weighted by Gasteiger charge is -2.03. The molecule has 0 aliphatic rings. The first-order valence-corrected chi connectivity index (χ1v) is 9.71. The molecule has 7 nitrogen and oxygen atoms in total. The average Bonchev–Trinajstić information content (AvgIpc) is 3.43. The molecule has 0 aliphatic heterocycles. The lowest BCUT2D eigenvalue weighted by atomic mass is 10.0. The van der Waals surface area contributed by atoms with Gasteiger partial charge in [-0.1, -0.05) is 0 Å². The van der Waals surface area contributed by atoms with Crippen LogP contribution >= 0.6 is 0 Å². The van der Waals surface area contributed by atoms with Gasteiger partial charge in [-0.2, -0.15) is 5.10 Å². The summed E-state index contributed by atoms with van der Waals surface area (Å²) in [5.41, 5.74) is 4.76. The number of fused-ring (bicyclic) bond motifs is 2. The van der Waals surface area contributed by atoms with E-state index in [0.717, 1.165) is 11.1 Å². The third-order valence-corrected chi connectivity index (χ3v) is 5.26. The molecule has 4 heterocycles. The maximum atomic E-state index is 14.7. The van der Waals surface area contributed by atoms with E-state index in [-0.39, 0.29) is 5.82 Å². The van der Waals surface area contributed by atoms with Gasteiger partial charge in [0.25, 0.3) is 0 Å². The highest BCUT2D eigenvalue weighted by molar-refractivity contribution is 5.97. The largest absolute Gasteiger partial charge is 0.336 e. The van der Waals surface area contributed by atoms with E-state index in [1.54, 1.807) is 42.9 Å². The third-order valence-electron chi connectivity index (χ3n) is 5.26. The van der Waals surface area contributed by atoms with E-state index in [4.69, 9.17) is 4.98 Å². The Morgan fingerprint density at radius 1 is 0.812 bits per heavy atom. The van der Waals surface area contributed by atoms with Crippen molar-refractivity contribution in [2.75, 3.05) is 0 Å². The number of aromatic nitrogens is 7. The second kappa shape index (κ2) is 7.02. The minimum absolute atomic E-state index is 0.321. The van der Waals surface area contributed by atoms with Crippen LogP contribution in [0.15, 0.2) is 67.4 Å². The molecule has 154 valence electrons. The van der Waals surface area contributed by atoms with Crippen molar-refractivity contribution in [1.29, 1.82) is 0 Å². The van der Waals surface area contributed by atoms with E-state index in [9.17, 15) is 8.78 Å². The number of benzene rings is 2. The Morgan fingerprint density at radius 3 is 2.44 bits per heavy atom. The number of imidazole rings is 1. The summed E-state index contributed by atoms with van der Waals surface area (Å²) >= 11 is 0. The summed E-state index contributed by atoms with van der Waals surface area (Å²) in [6, 6.07) is 11.0. The zero-order chi connectivity index (χ0) is 21.7. The van der Waals surface area contributed by atoms with Crippen LogP contribution in [0.2, 0.25) is 0 Å². The lowest BCUT2D eigenvalue weighted by molar-refractivity contribution is 0.628. The van der Waals surface area contributed by atoms with Crippen molar-refractivity contribution in [3.63, 3.8) is 0 Å². The fourth-order valence-electron chi connectivity index (χ4n) is 3.74. The minimum Gasteiger partial charge on any atom is -0.336 e. The number of nitrogens with zero attached hydrogens (tertiary/aromatic N) is 5. The molecule has 0 saturated heterocycles. The van der Waals surface area contributed by atoms with Crippen molar-refractivity contribution in [2.45, 2.75) is 0 Å². The van der Waals surface area contributed by atoms with E-state index in [0.29, 0.717) is 44.8 Å². The highest BCUT2D eigenvalue weighted by atomic mass is 19.1. The first-order chi connectivity index (χ1) is 15.7. The van der Waals surface area contributed by atoms with Gasteiger partial charge in [-0.25, -0.2) is 23.7 Å². The van der Waals surface area contributed by atoms with Gasteiger partial charge in [0, 0.05) is 46.7 Å². The van der Waals surface area contributed by atoms with Gasteiger partial charge < -0.3 is 4.98 Å². The Hall–Kier alpha value is -4.53. The Balaban J connectivity index is 1.52. The van der Waals surface area contributed by atoms with Crippen molar-refractivity contribution in [3.8, 4) is 33.9 Å². The zero-order valence-electron chi connectivity index (χ0n) is 16.3. The van der Waals surface area contributed by atoms with E-state index in [2.05, 4.69) is 30.1 Å². The molecular formula is C23H13F2N7. The summed E-state index contributed by atoms with van der Waals surface area (Å²) in [6.45, 7) is 0. The quantitative estimate of drug-likeness (QED) is 0.420.